The molecule has 0 aliphatic carbocycles. The molecule has 0 bridgehead atoms. The van der Waals surface area contributed by atoms with Gasteiger partial charge < -0.3 is 10.4 Å². The lowest BCUT2D eigenvalue weighted by Crippen LogP contribution is -2.46. The summed E-state index contributed by atoms with van der Waals surface area (Å²) in [7, 11) is 0. The normalized spacial score (nSPS) is 19.3. The van der Waals surface area contributed by atoms with Crippen molar-refractivity contribution in [1.29, 1.82) is 0 Å². The Labute approximate surface area is 125 Å². The third-order valence-corrected chi connectivity index (χ3v) is 4.83. The minimum absolute atomic E-state index is 0.0282. The Kier molecular flexibility index (Phi) is 5.49. The first-order valence-electron chi connectivity index (χ1n) is 7.21. The van der Waals surface area contributed by atoms with E-state index < -0.39 is 5.60 Å². The fourth-order valence-corrected chi connectivity index (χ4v) is 3.67. The van der Waals surface area contributed by atoms with Crippen LogP contribution in [0.3, 0.4) is 0 Å². The average molecular weight is 293 g/mol. The van der Waals surface area contributed by atoms with E-state index in [-0.39, 0.29) is 11.8 Å². The quantitative estimate of drug-likeness (QED) is 0.875. The van der Waals surface area contributed by atoms with Gasteiger partial charge in [-0.3, -0.25) is 4.79 Å². The largest absolute Gasteiger partial charge is 0.388 e. The van der Waals surface area contributed by atoms with Crippen molar-refractivity contribution in [3.8, 4) is 0 Å². The van der Waals surface area contributed by atoms with Crippen molar-refractivity contribution in [2.24, 2.45) is 5.92 Å². The molecule has 2 N–H and O–H groups in total. The van der Waals surface area contributed by atoms with Crippen molar-refractivity contribution in [2.75, 3.05) is 18.1 Å². The van der Waals surface area contributed by atoms with Gasteiger partial charge in [0.15, 0.2) is 0 Å². The molecule has 1 saturated heterocycles. The minimum atomic E-state index is -0.701. The van der Waals surface area contributed by atoms with E-state index >= 15 is 0 Å². The number of aliphatic hydroxyl groups is 1. The lowest BCUT2D eigenvalue weighted by atomic mass is 9.95. The van der Waals surface area contributed by atoms with Crippen LogP contribution >= 0.6 is 11.8 Å². The second kappa shape index (κ2) is 7.14. The smallest absolute Gasteiger partial charge is 0.223 e. The van der Waals surface area contributed by atoms with E-state index in [4.69, 9.17) is 0 Å². The van der Waals surface area contributed by atoms with Crippen LogP contribution in [-0.4, -0.2) is 34.7 Å². The van der Waals surface area contributed by atoms with E-state index in [1.807, 2.05) is 49.0 Å². The topological polar surface area (TPSA) is 49.3 Å². The molecule has 1 aliphatic heterocycles. The van der Waals surface area contributed by atoms with Crippen molar-refractivity contribution in [3.05, 3.63) is 35.9 Å². The summed E-state index contributed by atoms with van der Waals surface area (Å²) in [6, 6.07) is 10.0. The van der Waals surface area contributed by atoms with Gasteiger partial charge >= 0.3 is 0 Å². The molecule has 1 unspecified atom stereocenters. The van der Waals surface area contributed by atoms with Crippen LogP contribution in [0.15, 0.2) is 30.3 Å². The van der Waals surface area contributed by atoms with Crippen molar-refractivity contribution in [3.63, 3.8) is 0 Å². The van der Waals surface area contributed by atoms with Crippen LogP contribution in [0.5, 0.6) is 0 Å². The van der Waals surface area contributed by atoms with Crippen LogP contribution in [-0.2, 0) is 11.2 Å². The molecule has 2 rings (SSSR count). The van der Waals surface area contributed by atoms with Crippen molar-refractivity contribution in [2.45, 2.75) is 31.8 Å². The molecule has 1 aromatic carbocycles. The molecule has 0 saturated carbocycles. The molecule has 110 valence electrons. The lowest BCUT2D eigenvalue weighted by molar-refractivity contribution is -0.125. The molecule has 3 nitrogen and oxygen atoms in total. The van der Waals surface area contributed by atoms with Gasteiger partial charge in [0.1, 0.15) is 0 Å². The monoisotopic (exact) mass is 293 g/mol. The second-order valence-corrected chi connectivity index (χ2v) is 6.87. The Balaban J connectivity index is 1.79. The van der Waals surface area contributed by atoms with Crippen molar-refractivity contribution >= 4 is 17.7 Å². The predicted octanol–water partition coefficient (Wildman–Crippen LogP) is 2.24. The molecule has 1 fully saturated rings. The van der Waals surface area contributed by atoms with E-state index in [1.54, 1.807) is 0 Å². The summed E-state index contributed by atoms with van der Waals surface area (Å²) >= 11 is 1.87. The van der Waals surface area contributed by atoms with E-state index in [2.05, 4.69) is 5.32 Å². The molecule has 0 spiro atoms. The van der Waals surface area contributed by atoms with E-state index in [1.165, 1.54) is 5.56 Å². The fourth-order valence-electron chi connectivity index (χ4n) is 2.41. The number of hydrogen-bond donors (Lipinski definition) is 2. The first-order valence-corrected chi connectivity index (χ1v) is 8.36. The Morgan fingerprint density at radius 2 is 2.00 bits per heavy atom. The fraction of sp³-hybridized carbons (Fsp3) is 0.562. The summed E-state index contributed by atoms with van der Waals surface area (Å²) in [5.74, 6) is 1.91. The zero-order chi connectivity index (χ0) is 14.4. The zero-order valence-electron chi connectivity index (χ0n) is 12.0. The van der Waals surface area contributed by atoms with Gasteiger partial charge in [-0.15, -0.1) is 0 Å². The number of rotatable bonds is 5. The maximum Gasteiger partial charge on any atom is 0.223 e. The third kappa shape index (κ3) is 4.53. The summed E-state index contributed by atoms with van der Waals surface area (Å²) in [5, 5.41) is 13.3. The number of amides is 1. The summed E-state index contributed by atoms with van der Waals surface area (Å²) in [5.41, 5.74) is 0.468. The van der Waals surface area contributed by atoms with E-state index in [0.717, 1.165) is 30.8 Å². The van der Waals surface area contributed by atoms with Gasteiger partial charge in [-0.05, 0) is 36.3 Å². The molecular weight excluding hydrogens is 270 g/mol. The molecule has 1 aliphatic rings. The molecule has 1 aromatic rings. The van der Waals surface area contributed by atoms with Crippen LogP contribution in [0.4, 0.5) is 0 Å². The number of hydrogen-bond acceptors (Lipinski definition) is 3. The number of nitrogens with one attached hydrogen (secondary N) is 1. The standard InChI is InChI=1S/C16H23NO2S/c1-13(11-14-5-3-2-4-6-14)15(18)17-12-16(19)7-9-20-10-8-16/h2-6,13,19H,7-12H2,1H3,(H,17,18). The van der Waals surface area contributed by atoms with Crippen LogP contribution in [0, 0.1) is 5.92 Å². The third-order valence-electron chi connectivity index (χ3n) is 3.85. The molecule has 20 heavy (non-hydrogen) atoms. The van der Waals surface area contributed by atoms with E-state index in [9.17, 15) is 9.90 Å². The molecule has 1 atom stereocenters. The van der Waals surface area contributed by atoms with Gasteiger partial charge in [0, 0.05) is 12.5 Å². The Bertz CT molecular complexity index is 429. The van der Waals surface area contributed by atoms with Crippen molar-refractivity contribution < 1.29 is 9.90 Å². The van der Waals surface area contributed by atoms with Gasteiger partial charge in [-0.1, -0.05) is 37.3 Å². The molecule has 1 amide bonds. The molecule has 0 radical (unpaired) electrons. The first-order chi connectivity index (χ1) is 9.59. The molecule has 0 aromatic heterocycles. The minimum Gasteiger partial charge on any atom is -0.388 e. The maximum atomic E-state index is 12.1. The summed E-state index contributed by atoms with van der Waals surface area (Å²) in [6.45, 7) is 2.31. The highest BCUT2D eigenvalue weighted by atomic mass is 32.2. The summed E-state index contributed by atoms with van der Waals surface area (Å²) < 4.78 is 0. The maximum absolute atomic E-state index is 12.1. The van der Waals surface area contributed by atoms with Crippen LogP contribution in [0.1, 0.15) is 25.3 Å². The number of thioether (sulfide) groups is 1. The highest BCUT2D eigenvalue weighted by Gasteiger charge is 2.30. The highest BCUT2D eigenvalue weighted by molar-refractivity contribution is 7.99. The molecular formula is C16H23NO2S. The Hall–Kier alpha value is -1.00. The zero-order valence-corrected chi connectivity index (χ0v) is 12.8. The van der Waals surface area contributed by atoms with Crippen LogP contribution in [0.25, 0.3) is 0 Å². The Morgan fingerprint density at radius 1 is 1.35 bits per heavy atom. The molecule has 4 heteroatoms. The average Bonchev–Trinajstić information content (AvgIpc) is 2.46. The Morgan fingerprint density at radius 3 is 2.65 bits per heavy atom. The molecule has 1 heterocycles. The van der Waals surface area contributed by atoms with Crippen LogP contribution in [0.2, 0.25) is 0 Å². The first kappa shape index (κ1) is 15.4. The van der Waals surface area contributed by atoms with Crippen molar-refractivity contribution in [1.82, 2.24) is 5.32 Å². The van der Waals surface area contributed by atoms with Gasteiger partial charge in [0.25, 0.3) is 0 Å². The van der Waals surface area contributed by atoms with E-state index in [0.29, 0.717) is 6.54 Å². The number of carbonyl (C=O) groups is 1. The highest BCUT2D eigenvalue weighted by Crippen LogP contribution is 2.26. The van der Waals surface area contributed by atoms with Gasteiger partial charge in [-0.25, -0.2) is 0 Å². The van der Waals surface area contributed by atoms with Crippen LogP contribution < -0.4 is 5.32 Å². The number of benzene rings is 1. The van der Waals surface area contributed by atoms with Gasteiger partial charge in [0.05, 0.1) is 5.60 Å². The summed E-state index contributed by atoms with van der Waals surface area (Å²) in [6.07, 6.45) is 2.27. The summed E-state index contributed by atoms with van der Waals surface area (Å²) in [4.78, 5) is 12.1. The van der Waals surface area contributed by atoms with Gasteiger partial charge in [0.2, 0.25) is 5.91 Å². The van der Waals surface area contributed by atoms with Gasteiger partial charge in [-0.2, -0.15) is 11.8 Å². The second-order valence-electron chi connectivity index (χ2n) is 5.65. The lowest BCUT2D eigenvalue weighted by Gasteiger charge is -2.32. The SMILES string of the molecule is CC(Cc1ccccc1)C(=O)NCC1(O)CCSCC1. The predicted molar refractivity (Wildman–Crippen MR) is 83.8 cm³/mol. The number of carbonyl (C=O) groups excluding carboxylic acids is 1.